The lowest BCUT2D eigenvalue weighted by atomic mass is 10.5. The molecule has 2 N–H and O–H groups in total. The SMILES string of the molecule is C=CCNC(=O)NCCC[Si](OC)(OC)OC. The summed E-state index contributed by atoms with van der Waals surface area (Å²) in [6, 6.07) is 0.461. The first kappa shape index (κ1) is 16.1. The average molecular weight is 262 g/mol. The molecule has 2 amide bonds. The van der Waals surface area contributed by atoms with Gasteiger partial charge >= 0.3 is 14.8 Å². The van der Waals surface area contributed by atoms with Crippen molar-refractivity contribution in [1.29, 1.82) is 0 Å². The number of hydrogen-bond acceptors (Lipinski definition) is 4. The van der Waals surface area contributed by atoms with Crippen LogP contribution in [0.25, 0.3) is 0 Å². The van der Waals surface area contributed by atoms with Gasteiger partial charge in [-0.05, 0) is 6.42 Å². The monoisotopic (exact) mass is 262 g/mol. The van der Waals surface area contributed by atoms with Crippen molar-refractivity contribution in [1.82, 2.24) is 10.6 Å². The van der Waals surface area contributed by atoms with E-state index < -0.39 is 8.80 Å². The van der Waals surface area contributed by atoms with Crippen LogP contribution in [-0.2, 0) is 13.3 Å². The number of rotatable bonds is 9. The minimum absolute atomic E-state index is 0.204. The van der Waals surface area contributed by atoms with Crippen molar-refractivity contribution in [3.05, 3.63) is 12.7 Å². The Morgan fingerprint density at radius 3 is 2.29 bits per heavy atom. The number of carbonyl (C=O) groups excluding carboxylic acids is 1. The molecule has 0 unspecified atom stereocenters. The van der Waals surface area contributed by atoms with Crippen molar-refractivity contribution in [2.45, 2.75) is 12.5 Å². The summed E-state index contributed by atoms with van der Waals surface area (Å²) in [6.45, 7) is 4.51. The molecule has 0 spiro atoms. The largest absolute Gasteiger partial charge is 0.500 e. The zero-order valence-corrected chi connectivity index (χ0v) is 11.7. The molecule has 7 heteroatoms. The van der Waals surface area contributed by atoms with Crippen molar-refractivity contribution < 1.29 is 18.1 Å². The predicted octanol–water partition coefficient (Wildman–Crippen LogP) is 0.740. The van der Waals surface area contributed by atoms with Crippen LogP contribution in [0.1, 0.15) is 6.42 Å². The van der Waals surface area contributed by atoms with Crippen LogP contribution in [0.3, 0.4) is 0 Å². The van der Waals surface area contributed by atoms with Crippen LogP contribution in [0.15, 0.2) is 12.7 Å². The molecule has 0 aromatic heterocycles. The van der Waals surface area contributed by atoms with Crippen LogP contribution in [0.5, 0.6) is 0 Å². The van der Waals surface area contributed by atoms with E-state index in [9.17, 15) is 4.79 Å². The zero-order chi connectivity index (χ0) is 13.1. The maximum atomic E-state index is 11.2. The minimum atomic E-state index is -2.50. The zero-order valence-electron chi connectivity index (χ0n) is 10.7. The fourth-order valence-corrected chi connectivity index (χ4v) is 3.01. The maximum Gasteiger partial charge on any atom is 0.500 e. The molecule has 0 saturated heterocycles. The Morgan fingerprint density at radius 1 is 1.24 bits per heavy atom. The van der Waals surface area contributed by atoms with Gasteiger partial charge in [0.1, 0.15) is 0 Å². The molecular formula is C10H22N2O4Si. The molecule has 0 rings (SSSR count). The van der Waals surface area contributed by atoms with Crippen molar-refractivity contribution in [2.75, 3.05) is 34.4 Å². The van der Waals surface area contributed by atoms with Crippen LogP contribution in [-0.4, -0.2) is 49.3 Å². The van der Waals surface area contributed by atoms with Crippen LogP contribution < -0.4 is 10.6 Å². The van der Waals surface area contributed by atoms with Crippen LogP contribution >= 0.6 is 0 Å². The van der Waals surface area contributed by atoms with Gasteiger partial charge in [-0.15, -0.1) is 6.58 Å². The van der Waals surface area contributed by atoms with Gasteiger partial charge in [-0.1, -0.05) is 6.08 Å². The first-order valence-electron chi connectivity index (χ1n) is 5.42. The molecule has 0 aliphatic rings. The van der Waals surface area contributed by atoms with Gasteiger partial charge in [-0.3, -0.25) is 0 Å². The second-order valence-electron chi connectivity index (χ2n) is 3.32. The average Bonchev–Trinajstić information content (AvgIpc) is 2.37. The van der Waals surface area contributed by atoms with Crippen LogP contribution in [0.4, 0.5) is 4.79 Å². The Kier molecular flexibility index (Phi) is 8.69. The van der Waals surface area contributed by atoms with E-state index in [1.807, 2.05) is 0 Å². The number of hydrogen-bond donors (Lipinski definition) is 2. The standard InChI is InChI=1S/C10H22N2O4Si/c1-5-7-11-10(13)12-8-6-9-17(14-2,15-3)16-4/h5H,1,6-9H2,2-4H3,(H2,11,12,13). The molecule has 17 heavy (non-hydrogen) atoms. The van der Waals surface area contributed by atoms with E-state index in [0.717, 1.165) is 6.42 Å². The van der Waals surface area contributed by atoms with Gasteiger partial charge in [0.25, 0.3) is 0 Å². The third-order valence-electron chi connectivity index (χ3n) is 2.29. The fraction of sp³-hybridized carbons (Fsp3) is 0.700. The third-order valence-corrected chi connectivity index (χ3v) is 5.12. The molecule has 0 saturated carbocycles. The highest BCUT2D eigenvalue weighted by atomic mass is 28.4. The van der Waals surface area contributed by atoms with E-state index >= 15 is 0 Å². The summed E-state index contributed by atoms with van der Waals surface area (Å²) >= 11 is 0. The molecule has 0 aliphatic heterocycles. The van der Waals surface area contributed by atoms with Crippen LogP contribution in [0, 0.1) is 0 Å². The van der Waals surface area contributed by atoms with E-state index in [1.165, 1.54) is 0 Å². The van der Waals surface area contributed by atoms with Crippen LogP contribution in [0.2, 0.25) is 6.04 Å². The topological polar surface area (TPSA) is 68.8 Å². The first-order valence-corrected chi connectivity index (χ1v) is 7.35. The molecule has 100 valence electrons. The molecule has 0 fully saturated rings. The molecular weight excluding hydrogens is 240 g/mol. The normalized spacial score (nSPS) is 11.0. The first-order chi connectivity index (χ1) is 8.14. The predicted molar refractivity (Wildman–Crippen MR) is 67.8 cm³/mol. The van der Waals surface area contributed by atoms with E-state index in [1.54, 1.807) is 27.4 Å². The van der Waals surface area contributed by atoms with Gasteiger partial charge in [-0.25, -0.2) is 4.79 Å². The van der Waals surface area contributed by atoms with Crippen molar-refractivity contribution in [2.24, 2.45) is 0 Å². The lowest BCUT2D eigenvalue weighted by Crippen LogP contribution is -2.43. The highest BCUT2D eigenvalue weighted by Crippen LogP contribution is 2.14. The smallest absolute Gasteiger partial charge is 0.377 e. The molecule has 0 bridgehead atoms. The summed E-state index contributed by atoms with van der Waals surface area (Å²) in [4.78, 5) is 11.2. The summed E-state index contributed by atoms with van der Waals surface area (Å²) in [5.74, 6) is 0. The van der Waals surface area contributed by atoms with Gasteiger partial charge in [0, 0.05) is 40.5 Å². The van der Waals surface area contributed by atoms with Crippen molar-refractivity contribution in [3.8, 4) is 0 Å². The molecule has 0 aliphatic carbocycles. The highest BCUT2D eigenvalue weighted by Gasteiger charge is 2.36. The quantitative estimate of drug-likeness (QED) is 0.365. The molecule has 0 atom stereocenters. The summed E-state index contributed by atoms with van der Waals surface area (Å²) < 4.78 is 15.8. The van der Waals surface area contributed by atoms with E-state index in [-0.39, 0.29) is 6.03 Å². The summed E-state index contributed by atoms with van der Waals surface area (Å²) in [6.07, 6.45) is 2.36. The molecule has 0 heterocycles. The van der Waals surface area contributed by atoms with Gasteiger partial charge in [-0.2, -0.15) is 0 Å². The van der Waals surface area contributed by atoms with Crippen molar-refractivity contribution >= 4 is 14.8 Å². The summed E-state index contributed by atoms with van der Waals surface area (Å²) in [7, 11) is 2.22. The van der Waals surface area contributed by atoms with Gasteiger partial charge in [0.15, 0.2) is 0 Å². The fourth-order valence-electron chi connectivity index (χ4n) is 1.29. The number of nitrogens with one attached hydrogen (secondary N) is 2. The molecule has 0 aromatic carbocycles. The lowest BCUT2D eigenvalue weighted by Gasteiger charge is -2.24. The minimum Gasteiger partial charge on any atom is -0.377 e. The molecule has 0 radical (unpaired) electrons. The Hall–Kier alpha value is -0.893. The van der Waals surface area contributed by atoms with E-state index in [0.29, 0.717) is 19.1 Å². The Bertz CT molecular complexity index is 226. The summed E-state index contributed by atoms with van der Waals surface area (Å²) in [5.41, 5.74) is 0. The Labute approximate surface area is 104 Å². The van der Waals surface area contributed by atoms with Gasteiger partial charge in [0.2, 0.25) is 0 Å². The molecule has 0 aromatic rings. The number of urea groups is 1. The Morgan fingerprint density at radius 2 is 1.82 bits per heavy atom. The summed E-state index contributed by atoms with van der Waals surface area (Å²) in [5, 5.41) is 5.34. The molecule has 6 nitrogen and oxygen atoms in total. The van der Waals surface area contributed by atoms with Gasteiger partial charge in [0.05, 0.1) is 0 Å². The number of amides is 2. The third kappa shape index (κ3) is 6.42. The lowest BCUT2D eigenvalue weighted by molar-refractivity contribution is 0.123. The second kappa shape index (κ2) is 9.17. The second-order valence-corrected chi connectivity index (χ2v) is 6.42. The van der Waals surface area contributed by atoms with Gasteiger partial charge < -0.3 is 23.9 Å². The highest BCUT2D eigenvalue weighted by molar-refractivity contribution is 6.60. The maximum absolute atomic E-state index is 11.2. The van der Waals surface area contributed by atoms with E-state index in [2.05, 4.69) is 17.2 Å². The van der Waals surface area contributed by atoms with Crippen molar-refractivity contribution in [3.63, 3.8) is 0 Å². The van der Waals surface area contributed by atoms with E-state index in [4.69, 9.17) is 13.3 Å². The number of carbonyl (C=O) groups is 1. The Balaban J connectivity index is 3.75.